The minimum Gasteiger partial charge on any atom is -0.490 e. The summed E-state index contributed by atoms with van der Waals surface area (Å²) in [5.74, 6) is 1.31. The summed E-state index contributed by atoms with van der Waals surface area (Å²) in [6.07, 6.45) is 1.75. The fourth-order valence-electron chi connectivity index (χ4n) is 3.36. The van der Waals surface area contributed by atoms with Crippen LogP contribution in [0.3, 0.4) is 0 Å². The fourth-order valence-corrected chi connectivity index (χ4v) is 3.36. The zero-order valence-electron chi connectivity index (χ0n) is 17.9. The van der Waals surface area contributed by atoms with Crippen LogP contribution in [0.1, 0.15) is 29.4 Å². The largest absolute Gasteiger partial charge is 0.490 e. The lowest BCUT2D eigenvalue weighted by molar-refractivity contribution is 0.269. The van der Waals surface area contributed by atoms with Crippen LogP contribution in [0.25, 0.3) is 22.7 Å². The van der Waals surface area contributed by atoms with Gasteiger partial charge in [0.05, 0.1) is 23.2 Å². The van der Waals surface area contributed by atoms with Crippen LogP contribution in [0.2, 0.25) is 0 Å². The molecule has 0 atom stereocenters. The molecule has 0 bridgehead atoms. The Morgan fingerprint density at radius 3 is 2.75 bits per heavy atom. The summed E-state index contributed by atoms with van der Waals surface area (Å²) in [7, 11) is 0. The van der Waals surface area contributed by atoms with E-state index in [1.54, 1.807) is 24.3 Å². The molecule has 0 saturated carbocycles. The maximum atomic E-state index is 13.4. The van der Waals surface area contributed by atoms with Crippen molar-refractivity contribution in [2.75, 3.05) is 6.61 Å². The summed E-state index contributed by atoms with van der Waals surface area (Å²) >= 11 is 0. The molecule has 1 heterocycles. The van der Waals surface area contributed by atoms with Crippen molar-refractivity contribution < 1.29 is 13.9 Å². The van der Waals surface area contributed by atoms with Crippen LogP contribution >= 0.6 is 0 Å². The second-order valence-corrected chi connectivity index (χ2v) is 7.33. The van der Waals surface area contributed by atoms with E-state index in [0.29, 0.717) is 29.5 Å². The Kier molecular flexibility index (Phi) is 6.18. The van der Waals surface area contributed by atoms with E-state index in [9.17, 15) is 9.65 Å². The number of allylic oxidation sites excluding steroid dienone is 1. The van der Waals surface area contributed by atoms with Crippen molar-refractivity contribution in [3.63, 3.8) is 0 Å². The molecule has 0 radical (unpaired) electrons. The van der Waals surface area contributed by atoms with Gasteiger partial charge in [-0.1, -0.05) is 24.3 Å². The maximum absolute atomic E-state index is 13.4. The molecule has 160 valence electrons. The Labute approximate surface area is 185 Å². The van der Waals surface area contributed by atoms with Crippen molar-refractivity contribution in [3.8, 4) is 17.6 Å². The molecule has 0 aliphatic heterocycles. The first-order chi connectivity index (χ1) is 15.6. The molecule has 0 unspecified atom stereocenters. The van der Waals surface area contributed by atoms with E-state index >= 15 is 0 Å². The number of imidazole rings is 1. The number of hydrogen-bond donors (Lipinski definition) is 1. The highest BCUT2D eigenvalue weighted by molar-refractivity contribution is 5.90. The van der Waals surface area contributed by atoms with Crippen LogP contribution in [-0.2, 0) is 6.61 Å². The van der Waals surface area contributed by atoms with Gasteiger partial charge < -0.3 is 14.5 Å². The molecule has 0 aliphatic carbocycles. The Morgan fingerprint density at radius 1 is 1.09 bits per heavy atom. The van der Waals surface area contributed by atoms with Crippen molar-refractivity contribution in [1.82, 2.24) is 9.97 Å². The quantitative estimate of drug-likeness (QED) is 0.364. The molecule has 0 aliphatic rings. The monoisotopic (exact) mass is 427 g/mol. The van der Waals surface area contributed by atoms with Crippen LogP contribution in [-0.4, -0.2) is 16.6 Å². The number of ether oxygens (including phenoxy) is 2. The van der Waals surface area contributed by atoms with Crippen LogP contribution in [0.4, 0.5) is 4.39 Å². The highest BCUT2D eigenvalue weighted by Gasteiger charge is 2.11. The van der Waals surface area contributed by atoms with Gasteiger partial charge in [-0.05, 0) is 73.0 Å². The average Bonchev–Trinajstić information content (AvgIpc) is 3.20. The van der Waals surface area contributed by atoms with E-state index in [4.69, 9.17) is 9.47 Å². The molecule has 1 aromatic heterocycles. The van der Waals surface area contributed by atoms with Crippen molar-refractivity contribution in [1.29, 1.82) is 5.26 Å². The van der Waals surface area contributed by atoms with Crippen LogP contribution < -0.4 is 9.47 Å². The molecule has 0 fully saturated rings. The number of nitrogens with one attached hydrogen (secondary N) is 1. The van der Waals surface area contributed by atoms with Gasteiger partial charge in [-0.3, -0.25) is 0 Å². The normalized spacial score (nSPS) is 11.4. The number of H-pyrrole nitrogens is 1. The second kappa shape index (κ2) is 9.36. The minimum atomic E-state index is -0.304. The smallest absolute Gasteiger partial charge is 0.161 e. The molecular formula is C26H22FN3O2. The Morgan fingerprint density at radius 2 is 1.97 bits per heavy atom. The molecule has 32 heavy (non-hydrogen) atoms. The molecule has 0 saturated heterocycles. The summed E-state index contributed by atoms with van der Waals surface area (Å²) in [4.78, 5) is 7.75. The average molecular weight is 427 g/mol. The molecule has 5 nitrogen and oxygen atoms in total. The number of nitriles is 1. The molecule has 4 rings (SSSR count). The molecule has 4 aromatic rings. The summed E-state index contributed by atoms with van der Waals surface area (Å²) in [5, 5.41) is 9.72. The van der Waals surface area contributed by atoms with Crippen molar-refractivity contribution in [2.24, 2.45) is 0 Å². The molecular weight excluding hydrogens is 405 g/mol. The van der Waals surface area contributed by atoms with Gasteiger partial charge in [-0.2, -0.15) is 5.26 Å². The van der Waals surface area contributed by atoms with Gasteiger partial charge in [-0.15, -0.1) is 0 Å². The van der Waals surface area contributed by atoms with E-state index in [0.717, 1.165) is 27.7 Å². The lowest BCUT2D eigenvalue weighted by Gasteiger charge is -2.13. The van der Waals surface area contributed by atoms with E-state index < -0.39 is 0 Å². The summed E-state index contributed by atoms with van der Waals surface area (Å²) in [6.45, 7) is 4.57. The fraction of sp³-hybridized carbons (Fsp3) is 0.154. The lowest BCUT2D eigenvalue weighted by atomic mass is 10.1. The van der Waals surface area contributed by atoms with Gasteiger partial charge in [-0.25, -0.2) is 9.37 Å². The number of hydrogen-bond acceptors (Lipinski definition) is 4. The van der Waals surface area contributed by atoms with E-state index in [2.05, 4.69) is 16.0 Å². The minimum absolute atomic E-state index is 0.217. The number of rotatable bonds is 7. The summed E-state index contributed by atoms with van der Waals surface area (Å²) in [5.41, 5.74) is 4.73. The number of aryl methyl sites for hydroxylation is 1. The SMILES string of the molecule is CCOc1cc(C=C(C#N)c2nc3ccc(C)cc3[nH]2)ccc1OCc1cccc(F)c1. The van der Waals surface area contributed by atoms with Crippen molar-refractivity contribution in [3.05, 3.63) is 89.0 Å². The highest BCUT2D eigenvalue weighted by Crippen LogP contribution is 2.31. The number of aromatic nitrogens is 2. The molecule has 1 N–H and O–H groups in total. The van der Waals surface area contributed by atoms with Crippen LogP contribution in [0.15, 0.2) is 60.7 Å². The predicted molar refractivity (Wildman–Crippen MR) is 123 cm³/mol. The van der Waals surface area contributed by atoms with Crippen LogP contribution in [0.5, 0.6) is 11.5 Å². The lowest BCUT2D eigenvalue weighted by Crippen LogP contribution is -2.00. The number of fused-ring (bicyclic) bond motifs is 1. The van der Waals surface area contributed by atoms with Gasteiger partial charge in [0.15, 0.2) is 11.5 Å². The summed E-state index contributed by atoms with van der Waals surface area (Å²) < 4.78 is 25.0. The number of aromatic amines is 1. The van der Waals surface area contributed by atoms with Crippen molar-refractivity contribution in [2.45, 2.75) is 20.5 Å². The van der Waals surface area contributed by atoms with Gasteiger partial charge >= 0.3 is 0 Å². The van der Waals surface area contributed by atoms with Gasteiger partial charge in [0.25, 0.3) is 0 Å². The molecule has 0 spiro atoms. The molecule has 3 aromatic carbocycles. The highest BCUT2D eigenvalue weighted by atomic mass is 19.1. The van der Waals surface area contributed by atoms with Gasteiger partial charge in [0.2, 0.25) is 0 Å². The molecule has 6 heteroatoms. The van der Waals surface area contributed by atoms with Crippen molar-refractivity contribution >= 4 is 22.7 Å². The van der Waals surface area contributed by atoms with Gasteiger partial charge in [0, 0.05) is 0 Å². The number of halogens is 1. The third-order valence-electron chi connectivity index (χ3n) is 4.87. The first-order valence-corrected chi connectivity index (χ1v) is 10.3. The Balaban J connectivity index is 1.61. The first-order valence-electron chi connectivity index (χ1n) is 10.3. The number of benzene rings is 3. The second-order valence-electron chi connectivity index (χ2n) is 7.33. The first kappa shape index (κ1) is 21.1. The number of nitrogens with zero attached hydrogens (tertiary/aromatic N) is 2. The topological polar surface area (TPSA) is 70.9 Å². The van der Waals surface area contributed by atoms with Crippen LogP contribution in [0, 0.1) is 24.1 Å². The zero-order chi connectivity index (χ0) is 22.5. The van der Waals surface area contributed by atoms with E-state index in [-0.39, 0.29) is 12.4 Å². The standard InChI is InChI=1S/C26H22FN3O2/c1-3-31-25-14-18(8-10-24(25)32-16-19-5-4-6-21(27)13-19)12-20(15-28)26-29-22-9-7-17(2)11-23(22)30-26/h4-14H,3,16H2,1-2H3,(H,29,30). The molecule has 0 amide bonds. The third-order valence-corrected chi connectivity index (χ3v) is 4.87. The zero-order valence-corrected chi connectivity index (χ0v) is 17.9. The third kappa shape index (κ3) is 4.79. The van der Waals surface area contributed by atoms with E-state index in [1.165, 1.54) is 12.1 Å². The predicted octanol–water partition coefficient (Wildman–Crippen LogP) is 6.05. The van der Waals surface area contributed by atoms with Gasteiger partial charge in [0.1, 0.15) is 24.3 Å². The maximum Gasteiger partial charge on any atom is 0.161 e. The summed E-state index contributed by atoms with van der Waals surface area (Å²) in [6, 6.07) is 19.9. The van der Waals surface area contributed by atoms with E-state index in [1.807, 2.05) is 44.2 Å². The Hall–Kier alpha value is -4.11. The Bertz CT molecular complexity index is 1330.